The van der Waals surface area contributed by atoms with Gasteiger partial charge in [-0.25, -0.2) is 8.42 Å². The smallest absolute Gasteiger partial charge is 0.252 e. The normalized spacial score (nSPS) is 11.4. The fourth-order valence-corrected chi connectivity index (χ4v) is 4.27. The van der Waals surface area contributed by atoms with Crippen molar-refractivity contribution in [1.82, 2.24) is 4.31 Å². The average molecular weight is 352 g/mol. The van der Waals surface area contributed by atoms with Crippen molar-refractivity contribution in [1.29, 1.82) is 0 Å². The van der Waals surface area contributed by atoms with E-state index < -0.39 is 15.9 Å². The van der Waals surface area contributed by atoms with E-state index in [9.17, 15) is 18.0 Å². The summed E-state index contributed by atoms with van der Waals surface area (Å²) >= 11 is 1.09. The molecular weight excluding hydrogens is 336 g/mol. The molecule has 8 heteroatoms. The Balaban J connectivity index is 2.10. The van der Waals surface area contributed by atoms with Crippen LogP contribution in [0.3, 0.4) is 0 Å². The van der Waals surface area contributed by atoms with Crippen LogP contribution in [-0.2, 0) is 14.8 Å². The molecule has 1 amide bonds. The van der Waals surface area contributed by atoms with Crippen molar-refractivity contribution < 1.29 is 18.0 Å². The molecule has 122 valence electrons. The van der Waals surface area contributed by atoms with E-state index in [0.29, 0.717) is 11.3 Å². The molecule has 1 heterocycles. The lowest BCUT2D eigenvalue weighted by molar-refractivity contribution is -0.116. The molecule has 0 saturated carbocycles. The summed E-state index contributed by atoms with van der Waals surface area (Å²) in [6.45, 7) is 1.06. The number of likely N-dealkylation sites (N-methyl/N-ethyl adjacent to an activating group) is 1. The minimum absolute atomic E-state index is 0.178. The molecule has 0 fully saturated rings. The van der Waals surface area contributed by atoms with Crippen LogP contribution < -0.4 is 5.32 Å². The highest BCUT2D eigenvalue weighted by Gasteiger charge is 2.24. The molecule has 0 atom stereocenters. The van der Waals surface area contributed by atoms with Crippen molar-refractivity contribution in [3.05, 3.63) is 47.3 Å². The minimum atomic E-state index is -3.69. The summed E-state index contributed by atoms with van der Waals surface area (Å²) < 4.78 is 25.7. The number of sulfonamides is 1. The van der Waals surface area contributed by atoms with Crippen LogP contribution in [0, 0.1) is 0 Å². The zero-order valence-corrected chi connectivity index (χ0v) is 14.3. The van der Waals surface area contributed by atoms with Crippen molar-refractivity contribution in [2.75, 3.05) is 18.9 Å². The predicted molar refractivity (Wildman–Crippen MR) is 89.2 cm³/mol. The summed E-state index contributed by atoms with van der Waals surface area (Å²) in [4.78, 5) is 23.6. The van der Waals surface area contributed by atoms with Gasteiger partial charge in [-0.1, -0.05) is 18.2 Å². The number of benzene rings is 1. The molecule has 0 unspecified atom stereocenters. The van der Waals surface area contributed by atoms with E-state index in [-0.39, 0.29) is 16.5 Å². The maximum atomic E-state index is 12.3. The number of thiophene rings is 1. The number of hydrogen-bond donors (Lipinski definition) is 1. The van der Waals surface area contributed by atoms with Crippen LogP contribution in [-0.4, -0.2) is 38.0 Å². The molecule has 0 bridgehead atoms. The second-order valence-corrected chi connectivity index (χ2v) is 8.06. The van der Waals surface area contributed by atoms with E-state index in [2.05, 4.69) is 5.32 Å². The summed E-state index contributed by atoms with van der Waals surface area (Å²) in [5, 5.41) is 4.23. The van der Waals surface area contributed by atoms with Gasteiger partial charge in [-0.3, -0.25) is 9.59 Å². The standard InChI is InChI=1S/C15H16N2O4S2/c1-11(18)12-6-3-4-7-13(12)16-14(19)10-17(2)23(20,21)15-8-5-9-22-15/h3-9H,10H2,1-2H3,(H,16,19). The zero-order chi connectivity index (χ0) is 17.0. The highest BCUT2D eigenvalue weighted by molar-refractivity contribution is 7.91. The number of Topliss-reactive ketones (excluding diaryl/α,β-unsaturated/α-hetero) is 1. The first-order valence-electron chi connectivity index (χ1n) is 6.72. The van der Waals surface area contributed by atoms with Gasteiger partial charge in [-0.2, -0.15) is 4.31 Å². The third kappa shape index (κ3) is 4.04. The highest BCUT2D eigenvalue weighted by atomic mass is 32.2. The lowest BCUT2D eigenvalue weighted by Gasteiger charge is -2.16. The number of para-hydroxylation sites is 1. The van der Waals surface area contributed by atoms with Crippen LogP contribution in [0.1, 0.15) is 17.3 Å². The predicted octanol–water partition coefficient (Wildman–Crippen LogP) is 2.21. The average Bonchev–Trinajstić information content (AvgIpc) is 3.02. The van der Waals surface area contributed by atoms with Crippen molar-refractivity contribution in [2.45, 2.75) is 11.1 Å². The second kappa shape index (κ2) is 7.03. The SMILES string of the molecule is CC(=O)c1ccccc1NC(=O)CN(C)S(=O)(=O)c1cccs1. The Bertz CT molecular complexity index is 814. The lowest BCUT2D eigenvalue weighted by atomic mass is 10.1. The van der Waals surface area contributed by atoms with Crippen molar-refractivity contribution in [3.8, 4) is 0 Å². The Morgan fingerprint density at radius 3 is 2.48 bits per heavy atom. The number of nitrogens with one attached hydrogen (secondary N) is 1. The molecule has 0 saturated heterocycles. The topological polar surface area (TPSA) is 83.6 Å². The number of anilines is 1. The Morgan fingerprint density at radius 1 is 1.17 bits per heavy atom. The fourth-order valence-electron chi connectivity index (χ4n) is 1.94. The molecule has 1 N–H and O–H groups in total. The Morgan fingerprint density at radius 2 is 1.87 bits per heavy atom. The van der Waals surface area contributed by atoms with Gasteiger partial charge in [0.1, 0.15) is 4.21 Å². The van der Waals surface area contributed by atoms with Gasteiger partial charge in [0.2, 0.25) is 5.91 Å². The summed E-state index contributed by atoms with van der Waals surface area (Å²) in [6, 6.07) is 9.70. The van der Waals surface area contributed by atoms with Crippen molar-refractivity contribution in [2.24, 2.45) is 0 Å². The molecule has 0 aliphatic carbocycles. The molecule has 1 aromatic heterocycles. The third-order valence-corrected chi connectivity index (χ3v) is 6.28. The van der Waals surface area contributed by atoms with Gasteiger partial charge in [0.25, 0.3) is 10.0 Å². The van der Waals surface area contributed by atoms with Gasteiger partial charge < -0.3 is 5.32 Å². The van der Waals surface area contributed by atoms with Gasteiger partial charge in [0.15, 0.2) is 5.78 Å². The largest absolute Gasteiger partial charge is 0.324 e. The first-order chi connectivity index (χ1) is 10.8. The number of carbonyl (C=O) groups excluding carboxylic acids is 2. The van der Waals surface area contributed by atoms with Crippen LogP contribution in [0.4, 0.5) is 5.69 Å². The third-order valence-electron chi connectivity index (χ3n) is 3.11. The quantitative estimate of drug-likeness (QED) is 0.808. The minimum Gasteiger partial charge on any atom is -0.324 e. The maximum absolute atomic E-state index is 12.3. The Hall–Kier alpha value is -2.03. The highest BCUT2D eigenvalue weighted by Crippen LogP contribution is 2.20. The number of amides is 1. The monoisotopic (exact) mass is 352 g/mol. The molecule has 23 heavy (non-hydrogen) atoms. The summed E-state index contributed by atoms with van der Waals surface area (Å²) in [7, 11) is -2.35. The molecule has 0 spiro atoms. The molecule has 2 rings (SSSR count). The lowest BCUT2D eigenvalue weighted by Crippen LogP contribution is -2.34. The van der Waals surface area contributed by atoms with Crippen molar-refractivity contribution >= 4 is 38.7 Å². The van der Waals surface area contributed by atoms with E-state index in [0.717, 1.165) is 15.6 Å². The van der Waals surface area contributed by atoms with Crippen LogP contribution in [0.5, 0.6) is 0 Å². The number of ketones is 1. The van der Waals surface area contributed by atoms with E-state index >= 15 is 0 Å². The van der Waals surface area contributed by atoms with E-state index in [1.54, 1.807) is 35.7 Å². The van der Waals surface area contributed by atoms with E-state index in [1.807, 2.05) is 0 Å². The van der Waals surface area contributed by atoms with Gasteiger partial charge in [-0.05, 0) is 30.5 Å². The number of carbonyl (C=O) groups is 2. The molecule has 6 nitrogen and oxygen atoms in total. The van der Waals surface area contributed by atoms with Crippen LogP contribution in [0.15, 0.2) is 46.0 Å². The number of hydrogen-bond acceptors (Lipinski definition) is 5. The fraction of sp³-hybridized carbons (Fsp3) is 0.200. The van der Waals surface area contributed by atoms with Crippen LogP contribution in [0.25, 0.3) is 0 Å². The van der Waals surface area contributed by atoms with Crippen LogP contribution >= 0.6 is 11.3 Å². The molecule has 0 aliphatic heterocycles. The second-order valence-electron chi connectivity index (χ2n) is 4.84. The Labute approximate surface area is 138 Å². The van der Waals surface area contributed by atoms with Gasteiger partial charge in [0, 0.05) is 12.6 Å². The van der Waals surface area contributed by atoms with Crippen LogP contribution in [0.2, 0.25) is 0 Å². The molecule has 2 aromatic rings. The van der Waals surface area contributed by atoms with Crippen molar-refractivity contribution in [3.63, 3.8) is 0 Å². The van der Waals surface area contributed by atoms with Gasteiger partial charge >= 0.3 is 0 Å². The molecule has 0 aliphatic rings. The summed E-state index contributed by atoms with van der Waals surface area (Å²) in [5.74, 6) is -0.693. The summed E-state index contributed by atoms with van der Waals surface area (Å²) in [6.07, 6.45) is 0. The summed E-state index contributed by atoms with van der Waals surface area (Å²) in [5.41, 5.74) is 0.747. The zero-order valence-electron chi connectivity index (χ0n) is 12.6. The van der Waals surface area contributed by atoms with E-state index in [4.69, 9.17) is 0 Å². The van der Waals surface area contributed by atoms with Gasteiger partial charge in [0.05, 0.1) is 12.2 Å². The number of nitrogens with zero attached hydrogens (tertiary/aromatic N) is 1. The molecule has 1 aromatic carbocycles. The van der Waals surface area contributed by atoms with E-state index in [1.165, 1.54) is 20.0 Å². The Kier molecular flexibility index (Phi) is 5.30. The first-order valence-corrected chi connectivity index (χ1v) is 9.04. The molecule has 0 radical (unpaired) electrons. The first kappa shape index (κ1) is 17.3. The maximum Gasteiger partial charge on any atom is 0.252 e. The van der Waals surface area contributed by atoms with Gasteiger partial charge in [-0.15, -0.1) is 11.3 Å². The molecular formula is C15H16N2O4S2. The number of rotatable bonds is 6.